The molecule has 0 aromatic carbocycles. The number of aliphatic hydroxyl groups excluding tert-OH is 1. The van der Waals surface area contributed by atoms with Crippen molar-refractivity contribution in [2.75, 3.05) is 19.6 Å². The van der Waals surface area contributed by atoms with Gasteiger partial charge in [-0.2, -0.15) is 0 Å². The molecule has 2 aliphatic rings. The van der Waals surface area contributed by atoms with Crippen LogP contribution in [0.1, 0.15) is 42.3 Å². The third-order valence-corrected chi connectivity index (χ3v) is 5.92. The summed E-state index contributed by atoms with van der Waals surface area (Å²) in [5, 5.41) is 11.6. The summed E-state index contributed by atoms with van der Waals surface area (Å²) in [4.78, 5) is 29.7. The second kappa shape index (κ2) is 7.01. The van der Waals surface area contributed by atoms with Crippen LogP contribution in [0.3, 0.4) is 0 Å². The van der Waals surface area contributed by atoms with Crippen molar-refractivity contribution in [1.29, 1.82) is 0 Å². The lowest BCUT2D eigenvalue weighted by molar-refractivity contribution is -0.137. The first-order chi connectivity index (χ1) is 11.1. The zero-order valence-corrected chi connectivity index (χ0v) is 14.3. The molecule has 1 unspecified atom stereocenters. The number of thiophene rings is 1. The van der Waals surface area contributed by atoms with Crippen LogP contribution in [-0.4, -0.2) is 58.5 Å². The average molecular weight is 336 g/mol. The molecule has 0 bridgehead atoms. The van der Waals surface area contributed by atoms with Crippen LogP contribution in [0, 0.1) is 5.92 Å². The number of carbonyl (C=O) groups is 2. The van der Waals surface area contributed by atoms with Crippen molar-refractivity contribution in [2.24, 2.45) is 5.92 Å². The van der Waals surface area contributed by atoms with Crippen molar-refractivity contribution < 1.29 is 14.7 Å². The first-order valence-electron chi connectivity index (χ1n) is 8.39. The predicted molar refractivity (Wildman–Crippen MR) is 89.4 cm³/mol. The van der Waals surface area contributed by atoms with Gasteiger partial charge in [0.05, 0.1) is 11.0 Å². The van der Waals surface area contributed by atoms with Gasteiger partial charge in [0.1, 0.15) is 6.04 Å². The summed E-state index contributed by atoms with van der Waals surface area (Å²) in [6.07, 6.45) is 3.02. The third-order valence-electron chi connectivity index (χ3n) is 5.06. The van der Waals surface area contributed by atoms with Crippen LogP contribution in [-0.2, 0) is 4.79 Å². The summed E-state index contributed by atoms with van der Waals surface area (Å²) in [5.41, 5.74) is 0. The first-order valence-corrected chi connectivity index (χ1v) is 9.27. The van der Waals surface area contributed by atoms with Crippen molar-refractivity contribution in [3.8, 4) is 0 Å². The summed E-state index contributed by atoms with van der Waals surface area (Å²) >= 11 is 1.43. The number of aliphatic hydroxyl groups is 1. The van der Waals surface area contributed by atoms with E-state index in [0.29, 0.717) is 24.5 Å². The third kappa shape index (κ3) is 3.43. The van der Waals surface area contributed by atoms with Gasteiger partial charge in [-0.1, -0.05) is 6.07 Å². The number of hydrogen-bond donors (Lipinski definition) is 1. The van der Waals surface area contributed by atoms with E-state index in [4.69, 9.17) is 0 Å². The highest BCUT2D eigenvalue weighted by Gasteiger charge is 2.38. The molecule has 2 atom stereocenters. The van der Waals surface area contributed by atoms with Gasteiger partial charge in [-0.15, -0.1) is 11.3 Å². The Labute approximate surface area is 140 Å². The molecule has 2 aliphatic heterocycles. The maximum absolute atomic E-state index is 12.8. The Morgan fingerprint density at radius 3 is 2.61 bits per heavy atom. The summed E-state index contributed by atoms with van der Waals surface area (Å²) < 4.78 is 0. The molecule has 2 saturated heterocycles. The Morgan fingerprint density at radius 2 is 2.00 bits per heavy atom. The average Bonchev–Trinajstić information content (AvgIpc) is 3.25. The van der Waals surface area contributed by atoms with Crippen molar-refractivity contribution in [3.63, 3.8) is 0 Å². The Hall–Kier alpha value is -1.40. The number of hydrogen-bond acceptors (Lipinski definition) is 4. The Kier molecular flexibility index (Phi) is 5.02. The van der Waals surface area contributed by atoms with Gasteiger partial charge in [0.25, 0.3) is 5.91 Å². The molecule has 2 amide bonds. The molecule has 1 aromatic heterocycles. The van der Waals surface area contributed by atoms with Crippen LogP contribution in [0.2, 0.25) is 0 Å². The number of piperidine rings is 1. The summed E-state index contributed by atoms with van der Waals surface area (Å²) in [7, 11) is 0. The molecule has 1 N–H and O–H groups in total. The van der Waals surface area contributed by atoms with Gasteiger partial charge >= 0.3 is 0 Å². The molecular weight excluding hydrogens is 312 g/mol. The Morgan fingerprint density at radius 1 is 1.26 bits per heavy atom. The van der Waals surface area contributed by atoms with Crippen LogP contribution < -0.4 is 0 Å². The molecule has 0 saturated carbocycles. The van der Waals surface area contributed by atoms with Crippen LogP contribution in [0.15, 0.2) is 17.5 Å². The highest BCUT2D eigenvalue weighted by atomic mass is 32.1. The smallest absolute Gasteiger partial charge is 0.264 e. The fourth-order valence-corrected chi connectivity index (χ4v) is 4.30. The standard InChI is InChI=1S/C17H24N2O3S/c1-12(20)13-6-9-18(10-7-13)16(21)14-4-2-8-19(14)17(22)15-5-3-11-23-15/h3,5,11-14,20H,2,4,6-10H2,1H3/t12?,14-/m0/s1. The van der Waals surface area contributed by atoms with Crippen LogP contribution in [0.4, 0.5) is 0 Å². The van der Waals surface area contributed by atoms with E-state index in [0.717, 1.165) is 25.7 Å². The maximum atomic E-state index is 12.8. The largest absolute Gasteiger partial charge is 0.393 e. The molecular formula is C17H24N2O3S. The molecule has 0 radical (unpaired) electrons. The number of likely N-dealkylation sites (tertiary alicyclic amines) is 2. The Bertz CT molecular complexity index is 550. The molecule has 3 rings (SSSR count). The highest BCUT2D eigenvalue weighted by molar-refractivity contribution is 7.12. The van der Waals surface area contributed by atoms with Crippen LogP contribution >= 0.6 is 11.3 Å². The fraction of sp³-hybridized carbons (Fsp3) is 0.647. The van der Waals surface area contributed by atoms with E-state index in [1.54, 1.807) is 4.90 Å². The van der Waals surface area contributed by atoms with Crippen LogP contribution in [0.25, 0.3) is 0 Å². The van der Waals surface area contributed by atoms with Crippen molar-refractivity contribution in [2.45, 2.75) is 44.8 Å². The molecule has 0 aliphatic carbocycles. The minimum atomic E-state index is -0.312. The van der Waals surface area contributed by atoms with Crippen molar-refractivity contribution in [1.82, 2.24) is 9.80 Å². The number of amides is 2. The molecule has 6 heteroatoms. The minimum absolute atomic E-state index is 0.0188. The fourth-order valence-electron chi connectivity index (χ4n) is 3.62. The second-order valence-corrected chi connectivity index (χ2v) is 7.48. The lowest BCUT2D eigenvalue weighted by atomic mass is 9.92. The summed E-state index contributed by atoms with van der Waals surface area (Å²) in [6.45, 7) is 3.86. The molecule has 23 heavy (non-hydrogen) atoms. The predicted octanol–water partition coefficient (Wildman–Crippen LogP) is 1.97. The molecule has 5 nitrogen and oxygen atoms in total. The topological polar surface area (TPSA) is 60.9 Å². The molecule has 3 heterocycles. The van der Waals surface area contributed by atoms with Gasteiger partial charge in [0, 0.05) is 19.6 Å². The normalized spacial score (nSPS) is 24.0. The van der Waals surface area contributed by atoms with Gasteiger partial charge in [0.15, 0.2) is 0 Å². The molecule has 126 valence electrons. The van der Waals surface area contributed by atoms with E-state index >= 15 is 0 Å². The number of rotatable bonds is 3. The number of carbonyl (C=O) groups excluding carboxylic acids is 2. The highest BCUT2D eigenvalue weighted by Crippen LogP contribution is 2.26. The van der Waals surface area contributed by atoms with Crippen molar-refractivity contribution in [3.05, 3.63) is 22.4 Å². The first kappa shape index (κ1) is 16.5. The van der Waals surface area contributed by atoms with Gasteiger partial charge in [-0.05, 0) is 50.0 Å². The van der Waals surface area contributed by atoms with E-state index in [-0.39, 0.29) is 29.9 Å². The summed E-state index contributed by atoms with van der Waals surface area (Å²) in [6, 6.07) is 3.37. The van der Waals surface area contributed by atoms with Crippen molar-refractivity contribution >= 4 is 23.2 Å². The summed E-state index contributed by atoms with van der Waals surface area (Å²) in [5.74, 6) is 0.345. The number of nitrogens with zero attached hydrogens (tertiary/aromatic N) is 2. The SMILES string of the molecule is CC(O)C1CCN(C(=O)[C@@H]2CCCN2C(=O)c2cccs2)CC1. The molecule has 1 aromatic rings. The maximum Gasteiger partial charge on any atom is 0.264 e. The molecule has 0 spiro atoms. The van der Waals surface area contributed by atoms with E-state index < -0.39 is 0 Å². The van der Waals surface area contributed by atoms with Crippen LogP contribution in [0.5, 0.6) is 0 Å². The van der Waals surface area contributed by atoms with E-state index in [2.05, 4.69) is 0 Å². The quantitative estimate of drug-likeness (QED) is 0.918. The lowest BCUT2D eigenvalue weighted by Gasteiger charge is -2.36. The van der Waals surface area contributed by atoms with Gasteiger partial charge < -0.3 is 14.9 Å². The van der Waals surface area contributed by atoms with E-state index in [9.17, 15) is 14.7 Å². The van der Waals surface area contributed by atoms with E-state index in [1.807, 2.05) is 29.3 Å². The van der Waals surface area contributed by atoms with E-state index in [1.165, 1.54) is 11.3 Å². The molecule has 2 fully saturated rings. The zero-order chi connectivity index (χ0) is 16.4. The van der Waals surface area contributed by atoms with Gasteiger partial charge in [-0.3, -0.25) is 9.59 Å². The monoisotopic (exact) mass is 336 g/mol. The lowest BCUT2D eigenvalue weighted by Crippen LogP contribution is -2.50. The Balaban J connectivity index is 1.64. The minimum Gasteiger partial charge on any atom is -0.393 e. The zero-order valence-electron chi connectivity index (χ0n) is 13.5. The van der Waals surface area contributed by atoms with Gasteiger partial charge in [-0.25, -0.2) is 0 Å². The second-order valence-electron chi connectivity index (χ2n) is 6.54. The van der Waals surface area contributed by atoms with Gasteiger partial charge in [0.2, 0.25) is 5.91 Å².